The van der Waals surface area contributed by atoms with Crippen molar-refractivity contribution in [2.24, 2.45) is 5.16 Å². The molecule has 1 aromatic carbocycles. The summed E-state index contributed by atoms with van der Waals surface area (Å²) in [5.41, 5.74) is 1.18. The van der Waals surface area contributed by atoms with Crippen molar-refractivity contribution < 1.29 is 18.0 Å². The molecule has 0 radical (unpaired) electrons. The Balaban J connectivity index is 1.70. The lowest BCUT2D eigenvalue weighted by molar-refractivity contribution is -0.110. The predicted octanol–water partition coefficient (Wildman–Crippen LogP) is 2.61. The van der Waals surface area contributed by atoms with Crippen LogP contribution in [0.3, 0.4) is 0 Å². The van der Waals surface area contributed by atoms with E-state index < -0.39 is 15.7 Å². The van der Waals surface area contributed by atoms with E-state index in [-0.39, 0.29) is 16.7 Å². The van der Waals surface area contributed by atoms with Gasteiger partial charge < -0.3 is 10.2 Å². The fourth-order valence-electron chi connectivity index (χ4n) is 2.21. The maximum absolute atomic E-state index is 12.3. The smallest absolute Gasteiger partial charge is 0.274 e. The Morgan fingerprint density at radius 2 is 2.04 bits per heavy atom. The first kappa shape index (κ1) is 15.7. The van der Waals surface area contributed by atoms with Gasteiger partial charge in [0.05, 0.1) is 0 Å². The summed E-state index contributed by atoms with van der Waals surface area (Å²) in [5, 5.41) is 8.34. The average molecular weight is 350 g/mol. The maximum Gasteiger partial charge on any atom is 0.274 e. The normalized spacial score (nSPS) is 17.4. The topological polar surface area (TPSA) is 84.8 Å². The summed E-state index contributed by atoms with van der Waals surface area (Å²) in [4.78, 5) is 17.7. The molecular weight excluding hydrogens is 336 g/mol. The van der Waals surface area contributed by atoms with Crippen LogP contribution >= 0.6 is 11.3 Å². The molecule has 1 aliphatic heterocycles. The molecule has 1 N–H and O–H groups in total. The lowest BCUT2D eigenvalue weighted by Gasteiger charge is -2.07. The van der Waals surface area contributed by atoms with Gasteiger partial charge in [-0.05, 0) is 17.0 Å². The van der Waals surface area contributed by atoms with E-state index in [0.717, 1.165) is 23.2 Å². The van der Waals surface area contributed by atoms with Crippen molar-refractivity contribution in [1.29, 1.82) is 0 Å². The van der Waals surface area contributed by atoms with Crippen LogP contribution in [0.2, 0.25) is 0 Å². The van der Waals surface area contributed by atoms with Crippen molar-refractivity contribution in [3.63, 3.8) is 0 Å². The third-order valence-electron chi connectivity index (χ3n) is 3.36. The van der Waals surface area contributed by atoms with Gasteiger partial charge in [-0.3, -0.25) is 4.79 Å². The molecule has 0 saturated carbocycles. The van der Waals surface area contributed by atoms with Gasteiger partial charge in [-0.15, -0.1) is 11.3 Å². The molecule has 2 heterocycles. The second-order valence-corrected chi connectivity index (χ2v) is 7.99. The first-order chi connectivity index (χ1) is 10.9. The molecule has 120 valence electrons. The van der Waals surface area contributed by atoms with Crippen molar-refractivity contribution in [1.82, 2.24) is 0 Å². The minimum Gasteiger partial charge on any atom is -0.387 e. The van der Waals surface area contributed by atoms with Crippen LogP contribution in [0.1, 0.15) is 18.1 Å². The van der Waals surface area contributed by atoms with Crippen molar-refractivity contribution in [2.45, 2.75) is 17.4 Å². The standard InChI is InChI=1S/C15H14N2O4S2/c1-23(19,20)13-7-8-22-15(13)16-14(18)11-9-12(21-17-11)10-5-3-2-4-6-10/h2-8,12H,9H2,1H3,(H,16,18)/t12-/m0/s1. The van der Waals surface area contributed by atoms with Gasteiger partial charge in [-0.25, -0.2) is 8.42 Å². The Bertz CT molecular complexity index is 857. The molecular formula is C15H14N2O4S2. The van der Waals surface area contributed by atoms with Crippen LogP contribution in [0, 0.1) is 0 Å². The monoisotopic (exact) mass is 350 g/mol. The summed E-state index contributed by atoms with van der Waals surface area (Å²) in [6.07, 6.45) is 1.15. The van der Waals surface area contributed by atoms with Crippen molar-refractivity contribution in [3.8, 4) is 0 Å². The van der Waals surface area contributed by atoms with E-state index in [1.807, 2.05) is 30.3 Å². The lowest BCUT2D eigenvalue weighted by atomic mass is 10.0. The number of nitrogens with one attached hydrogen (secondary N) is 1. The van der Waals surface area contributed by atoms with E-state index in [2.05, 4.69) is 10.5 Å². The van der Waals surface area contributed by atoms with Gasteiger partial charge in [0.15, 0.2) is 15.9 Å². The maximum atomic E-state index is 12.3. The van der Waals surface area contributed by atoms with E-state index in [0.29, 0.717) is 11.4 Å². The Morgan fingerprint density at radius 3 is 2.74 bits per heavy atom. The number of rotatable bonds is 4. The molecule has 3 rings (SSSR count). The highest BCUT2D eigenvalue weighted by molar-refractivity contribution is 7.91. The van der Waals surface area contributed by atoms with E-state index >= 15 is 0 Å². The highest BCUT2D eigenvalue weighted by Crippen LogP contribution is 2.30. The van der Waals surface area contributed by atoms with Gasteiger partial charge in [0.2, 0.25) is 0 Å². The highest BCUT2D eigenvalue weighted by atomic mass is 32.2. The molecule has 0 spiro atoms. The number of amides is 1. The fourth-order valence-corrected chi connectivity index (χ4v) is 4.28. The summed E-state index contributed by atoms with van der Waals surface area (Å²) in [6.45, 7) is 0. The minimum atomic E-state index is -3.39. The Kier molecular flexibility index (Phi) is 4.18. The number of benzene rings is 1. The summed E-state index contributed by atoms with van der Waals surface area (Å²) < 4.78 is 23.3. The quantitative estimate of drug-likeness (QED) is 0.918. The molecule has 2 aromatic rings. The van der Waals surface area contributed by atoms with Gasteiger partial charge in [0.1, 0.15) is 15.6 Å². The number of thiophene rings is 1. The van der Waals surface area contributed by atoms with Crippen LogP contribution in [-0.2, 0) is 19.5 Å². The second-order valence-electron chi connectivity index (χ2n) is 5.09. The van der Waals surface area contributed by atoms with E-state index in [1.165, 1.54) is 6.07 Å². The van der Waals surface area contributed by atoms with Gasteiger partial charge in [-0.2, -0.15) is 0 Å². The average Bonchev–Trinajstić information content (AvgIpc) is 3.16. The van der Waals surface area contributed by atoms with Gasteiger partial charge in [-0.1, -0.05) is 35.5 Å². The van der Waals surface area contributed by atoms with Gasteiger partial charge >= 0.3 is 0 Å². The molecule has 0 aliphatic carbocycles. The Morgan fingerprint density at radius 1 is 1.30 bits per heavy atom. The summed E-state index contributed by atoms with van der Waals surface area (Å²) in [7, 11) is -3.39. The molecule has 1 aromatic heterocycles. The van der Waals surface area contributed by atoms with Gasteiger partial charge in [0, 0.05) is 12.7 Å². The van der Waals surface area contributed by atoms with Crippen molar-refractivity contribution in [2.75, 3.05) is 11.6 Å². The molecule has 0 fully saturated rings. The molecule has 23 heavy (non-hydrogen) atoms. The summed E-state index contributed by atoms with van der Waals surface area (Å²) in [6, 6.07) is 11.0. The number of sulfone groups is 1. The van der Waals surface area contributed by atoms with Crippen LogP contribution in [-0.4, -0.2) is 26.3 Å². The number of carbonyl (C=O) groups excluding carboxylic acids is 1. The third-order valence-corrected chi connectivity index (χ3v) is 5.46. The number of oxime groups is 1. The largest absolute Gasteiger partial charge is 0.387 e. The number of hydrogen-bond acceptors (Lipinski definition) is 6. The van der Waals surface area contributed by atoms with Crippen molar-refractivity contribution in [3.05, 3.63) is 47.3 Å². The van der Waals surface area contributed by atoms with Crippen LogP contribution in [0.25, 0.3) is 0 Å². The number of nitrogens with zero attached hydrogens (tertiary/aromatic N) is 1. The summed E-state index contributed by atoms with van der Waals surface area (Å²) >= 11 is 1.15. The van der Waals surface area contributed by atoms with E-state index in [1.54, 1.807) is 5.38 Å². The van der Waals surface area contributed by atoms with Gasteiger partial charge in [0.25, 0.3) is 5.91 Å². The highest BCUT2D eigenvalue weighted by Gasteiger charge is 2.28. The molecule has 1 aliphatic rings. The zero-order chi connectivity index (χ0) is 16.4. The number of hydrogen-bond donors (Lipinski definition) is 1. The van der Waals surface area contributed by atoms with Crippen LogP contribution in [0.15, 0.2) is 51.8 Å². The molecule has 0 saturated heterocycles. The SMILES string of the molecule is CS(=O)(=O)c1ccsc1NC(=O)C1=NO[C@H](c2ccccc2)C1. The van der Waals surface area contributed by atoms with Crippen LogP contribution in [0.5, 0.6) is 0 Å². The fraction of sp³-hybridized carbons (Fsp3) is 0.200. The Labute approximate surface area is 137 Å². The first-order valence-electron chi connectivity index (χ1n) is 6.81. The number of carbonyl (C=O) groups is 1. The van der Waals surface area contributed by atoms with Crippen LogP contribution < -0.4 is 5.32 Å². The van der Waals surface area contributed by atoms with Crippen molar-refractivity contribution >= 4 is 37.8 Å². The van der Waals surface area contributed by atoms with Crippen LogP contribution in [0.4, 0.5) is 5.00 Å². The zero-order valence-corrected chi connectivity index (χ0v) is 13.9. The number of anilines is 1. The molecule has 1 atom stereocenters. The molecule has 0 bridgehead atoms. The first-order valence-corrected chi connectivity index (χ1v) is 9.59. The second kappa shape index (κ2) is 6.13. The Hall–Kier alpha value is -2.19. The predicted molar refractivity (Wildman–Crippen MR) is 88.4 cm³/mol. The molecule has 6 nitrogen and oxygen atoms in total. The lowest BCUT2D eigenvalue weighted by Crippen LogP contribution is -2.22. The zero-order valence-electron chi connectivity index (χ0n) is 12.2. The molecule has 1 amide bonds. The third kappa shape index (κ3) is 3.43. The van der Waals surface area contributed by atoms with E-state index in [4.69, 9.17) is 4.84 Å². The van der Waals surface area contributed by atoms with E-state index in [9.17, 15) is 13.2 Å². The molecule has 8 heteroatoms. The summed E-state index contributed by atoms with van der Waals surface area (Å²) in [5.74, 6) is -0.448. The minimum absolute atomic E-state index is 0.106. The molecule has 0 unspecified atom stereocenters.